The van der Waals surface area contributed by atoms with Crippen molar-refractivity contribution in [2.75, 3.05) is 34.9 Å². The van der Waals surface area contributed by atoms with Gasteiger partial charge in [0.25, 0.3) is 5.91 Å². The van der Waals surface area contributed by atoms with Crippen molar-refractivity contribution >= 4 is 27.2 Å². The largest absolute Gasteiger partial charge is 0.354 e. The van der Waals surface area contributed by atoms with Crippen LogP contribution in [0.4, 0.5) is 11.5 Å². The van der Waals surface area contributed by atoms with Gasteiger partial charge in [-0.05, 0) is 37.6 Å². The molecule has 0 spiro atoms. The van der Waals surface area contributed by atoms with E-state index in [0.29, 0.717) is 18.8 Å². The summed E-state index contributed by atoms with van der Waals surface area (Å²) in [6, 6.07) is 12.6. The molecule has 1 aliphatic heterocycles. The highest BCUT2D eigenvalue weighted by Gasteiger charge is 2.31. The normalized spacial score (nSPS) is 18.5. The third-order valence-electron chi connectivity index (χ3n) is 4.62. The maximum atomic E-state index is 12.7. The quantitative estimate of drug-likeness (QED) is 0.793. The molecule has 1 amide bonds. The molecule has 1 atom stereocenters. The summed E-state index contributed by atoms with van der Waals surface area (Å²) in [6.07, 6.45) is 0.582. The number of sulfone groups is 1. The first kappa shape index (κ1) is 18.3. The maximum Gasteiger partial charge on any atom is 0.278 e. The van der Waals surface area contributed by atoms with E-state index in [-0.39, 0.29) is 29.1 Å². The zero-order chi connectivity index (χ0) is 18.7. The van der Waals surface area contributed by atoms with Crippen LogP contribution in [-0.2, 0) is 9.84 Å². The highest BCUT2D eigenvalue weighted by Crippen LogP contribution is 2.21. The monoisotopic (exact) mass is 374 g/mol. The number of hydrogen-bond donors (Lipinski definition) is 0. The summed E-state index contributed by atoms with van der Waals surface area (Å²) in [4.78, 5) is 16.2. The Morgan fingerprint density at radius 2 is 1.88 bits per heavy atom. The third-order valence-corrected chi connectivity index (χ3v) is 6.37. The van der Waals surface area contributed by atoms with Gasteiger partial charge < -0.3 is 9.80 Å². The first-order valence-electron chi connectivity index (χ1n) is 8.55. The van der Waals surface area contributed by atoms with Crippen LogP contribution in [0.15, 0.2) is 42.5 Å². The van der Waals surface area contributed by atoms with E-state index in [1.807, 2.05) is 42.2 Å². The minimum atomic E-state index is -2.97. The number of carbonyl (C=O) groups excluding carboxylic acids is 1. The fourth-order valence-corrected chi connectivity index (χ4v) is 4.86. The minimum Gasteiger partial charge on any atom is -0.354 e. The lowest BCUT2D eigenvalue weighted by Crippen LogP contribution is -2.34. The summed E-state index contributed by atoms with van der Waals surface area (Å²) in [5, 5.41) is 8.21. The van der Waals surface area contributed by atoms with Crippen molar-refractivity contribution in [3.8, 4) is 0 Å². The van der Waals surface area contributed by atoms with E-state index in [1.165, 1.54) is 0 Å². The second kappa shape index (κ2) is 7.41. The molecule has 0 N–H and O–H groups in total. The number of hydrogen-bond acceptors (Lipinski definition) is 6. The molecule has 7 nitrogen and oxygen atoms in total. The summed E-state index contributed by atoms with van der Waals surface area (Å²) in [7, 11) is -1.16. The molecule has 138 valence electrons. The van der Waals surface area contributed by atoms with E-state index in [0.717, 1.165) is 5.69 Å². The molecule has 26 heavy (non-hydrogen) atoms. The maximum absolute atomic E-state index is 12.7. The van der Waals surface area contributed by atoms with Crippen LogP contribution < -0.4 is 9.80 Å². The van der Waals surface area contributed by atoms with Gasteiger partial charge in [0.2, 0.25) is 0 Å². The number of nitrogens with zero attached hydrogens (tertiary/aromatic N) is 4. The number of carbonyl (C=O) groups is 1. The Morgan fingerprint density at radius 1 is 1.15 bits per heavy atom. The molecule has 1 aromatic heterocycles. The fraction of sp³-hybridized carbons (Fsp3) is 0.389. The molecule has 0 saturated carbocycles. The van der Waals surface area contributed by atoms with Crippen LogP contribution in [0.5, 0.6) is 0 Å². The lowest BCUT2D eigenvalue weighted by molar-refractivity contribution is 0.0982. The van der Waals surface area contributed by atoms with Crippen LogP contribution in [0.2, 0.25) is 0 Å². The molecule has 1 fully saturated rings. The molecular weight excluding hydrogens is 352 g/mol. The van der Waals surface area contributed by atoms with Crippen LogP contribution in [0.25, 0.3) is 0 Å². The zero-order valence-electron chi connectivity index (χ0n) is 14.9. The molecule has 2 heterocycles. The molecule has 1 aliphatic rings. The third kappa shape index (κ3) is 3.85. The second-order valence-corrected chi connectivity index (χ2v) is 8.56. The molecule has 2 aromatic rings. The van der Waals surface area contributed by atoms with Gasteiger partial charge in [0.15, 0.2) is 21.3 Å². The van der Waals surface area contributed by atoms with Crippen LogP contribution in [0, 0.1) is 0 Å². The fourth-order valence-electron chi connectivity index (χ4n) is 3.08. The van der Waals surface area contributed by atoms with Crippen LogP contribution in [0.3, 0.4) is 0 Å². The topological polar surface area (TPSA) is 83.5 Å². The lowest BCUT2D eigenvalue weighted by atomic mass is 10.2. The van der Waals surface area contributed by atoms with Crippen molar-refractivity contribution < 1.29 is 13.2 Å². The molecule has 3 rings (SSSR count). The van der Waals surface area contributed by atoms with Crippen LogP contribution in [-0.4, -0.2) is 55.7 Å². The first-order valence-corrected chi connectivity index (χ1v) is 10.4. The molecule has 1 aromatic carbocycles. The lowest BCUT2D eigenvalue weighted by Gasteiger charge is -2.24. The summed E-state index contributed by atoms with van der Waals surface area (Å²) in [6.45, 7) is 2.42. The molecule has 1 unspecified atom stereocenters. The van der Waals surface area contributed by atoms with Crippen molar-refractivity contribution in [1.82, 2.24) is 10.2 Å². The van der Waals surface area contributed by atoms with Crippen molar-refractivity contribution in [2.45, 2.75) is 19.4 Å². The SMILES string of the molecule is CCN(C(=O)c1ccc(N(C)C2CCS(=O)(=O)C2)nn1)c1ccccc1. The van der Waals surface area contributed by atoms with E-state index in [1.54, 1.807) is 24.1 Å². The van der Waals surface area contributed by atoms with E-state index in [4.69, 9.17) is 0 Å². The van der Waals surface area contributed by atoms with Crippen molar-refractivity contribution in [1.29, 1.82) is 0 Å². The number of benzene rings is 1. The smallest absolute Gasteiger partial charge is 0.278 e. The minimum absolute atomic E-state index is 0.104. The molecule has 1 saturated heterocycles. The number of amides is 1. The average Bonchev–Trinajstić information content (AvgIpc) is 3.02. The number of aromatic nitrogens is 2. The highest BCUT2D eigenvalue weighted by molar-refractivity contribution is 7.91. The second-order valence-electron chi connectivity index (χ2n) is 6.33. The summed E-state index contributed by atoms with van der Waals surface area (Å²) in [5.41, 5.74) is 1.06. The Kier molecular flexibility index (Phi) is 5.22. The number of anilines is 2. The van der Waals surface area contributed by atoms with Gasteiger partial charge in [0.1, 0.15) is 0 Å². The van der Waals surface area contributed by atoms with Gasteiger partial charge in [-0.15, -0.1) is 10.2 Å². The van der Waals surface area contributed by atoms with Gasteiger partial charge in [-0.3, -0.25) is 4.79 Å². The molecule has 0 bridgehead atoms. The van der Waals surface area contributed by atoms with Crippen LogP contribution in [0.1, 0.15) is 23.8 Å². The first-order chi connectivity index (χ1) is 12.4. The van der Waals surface area contributed by atoms with Gasteiger partial charge in [-0.1, -0.05) is 18.2 Å². The van der Waals surface area contributed by atoms with Crippen molar-refractivity contribution in [2.24, 2.45) is 0 Å². The number of rotatable bonds is 5. The Morgan fingerprint density at radius 3 is 2.42 bits per heavy atom. The molecule has 0 aliphatic carbocycles. The predicted molar refractivity (Wildman–Crippen MR) is 101 cm³/mol. The molecule has 0 radical (unpaired) electrons. The Labute approximate surface area is 153 Å². The summed E-state index contributed by atoms with van der Waals surface area (Å²) >= 11 is 0. The van der Waals surface area contributed by atoms with Gasteiger partial charge in [0, 0.05) is 25.3 Å². The van der Waals surface area contributed by atoms with Gasteiger partial charge in [0.05, 0.1) is 11.5 Å². The predicted octanol–water partition coefficient (Wildman–Crippen LogP) is 1.77. The van der Waals surface area contributed by atoms with E-state index >= 15 is 0 Å². The average molecular weight is 374 g/mol. The Bertz CT molecular complexity index is 869. The summed E-state index contributed by atoms with van der Waals surface area (Å²) in [5.74, 6) is 0.674. The molecular formula is C18H22N4O3S. The van der Waals surface area contributed by atoms with E-state index in [2.05, 4.69) is 10.2 Å². The van der Waals surface area contributed by atoms with Gasteiger partial charge in [-0.25, -0.2) is 8.42 Å². The van der Waals surface area contributed by atoms with Crippen LogP contribution >= 0.6 is 0 Å². The zero-order valence-corrected chi connectivity index (χ0v) is 15.7. The Hall–Kier alpha value is -2.48. The standard InChI is InChI=1S/C18H22N4O3S/c1-3-22(14-7-5-4-6-8-14)18(23)16-9-10-17(20-19-16)21(2)15-11-12-26(24,25)13-15/h4-10,15H,3,11-13H2,1-2H3. The van der Waals surface area contributed by atoms with Gasteiger partial charge >= 0.3 is 0 Å². The van der Waals surface area contributed by atoms with Gasteiger partial charge in [-0.2, -0.15) is 0 Å². The summed E-state index contributed by atoms with van der Waals surface area (Å²) < 4.78 is 23.3. The molecule has 8 heteroatoms. The number of para-hydroxylation sites is 1. The van der Waals surface area contributed by atoms with E-state index < -0.39 is 9.84 Å². The van der Waals surface area contributed by atoms with Crippen molar-refractivity contribution in [3.05, 3.63) is 48.2 Å². The Balaban J connectivity index is 1.75. The van der Waals surface area contributed by atoms with Crippen molar-refractivity contribution in [3.63, 3.8) is 0 Å². The van der Waals surface area contributed by atoms with E-state index in [9.17, 15) is 13.2 Å². The highest BCUT2D eigenvalue weighted by atomic mass is 32.2.